The van der Waals surface area contributed by atoms with E-state index in [-0.39, 0.29) is 6.42 Å². The molecule has 2 amide bonds. The van der Waals surface area contributed by atoms with Crippen LogP contribution in [0.1, 0.15) is 33.3 Å². The highest BCUT2D eigenvalue weighted by Crippen LogP contribution is 2.11. The number of carbonyl (C=O) groups is 3. The van der Waals surface area contributed by atoms with Gasteiger partial charge in [0, 0.05) is 6.42 Å². The maximum atomic E-state index is 12.2. The molecule has 0 spiro atoms. The van der Waals surface area contributed by atoms with Gasteiger partial charge in [-0.1, -0.05) is 0 Å². The molecule has 0 saturated carbocycles. The summed E-state index contributed by atoms with van der Waals surface area (Å²) in [5.41, 5.74) is 0.177. The van der Waals surface area contributed by atoms with Crippen molar-refractivity contribution in [2.24, 2.45) is 0 Å². The molecule has 3 N–H and O–H groups in total. The van der Waals surface area contributed by atoms with Gasteiger partial charge < -0.3 is 20.5 Å². The van der Waals surface area contributed by atoms with Crippen molar-refractivity contribution < 1.29 is 24.2 Å². The molecule has 0 unspecified atom stereocenters. The van der Waals surface area contributed by atoms with Gasteiger partial charge >= 0.3 is 12.1 Å². The highest BCUT2D eigenvalue weighted by atomic mass is 32.1. The second kappa shape index (κ2) is 7.96. The van der Waals surface area contributed by atoms with E-state index in [1.165, 1.54) is 18.3 Å². The first-order valence-corrected chi connectivity index (χ1v) is 8.06. The van der Waals surface area contributed by atoms with Gasteiger partial charge in [0.25, 0.3) is 0 Å². The molecule has 0 saturated heterocycles. The van der Waals surface area contributed by atoms with Crippen molar-refractivity contribution >= 4 is 29.3 Å². The average molecular weight is 342 g/mol. The predicted octanol–water partition coefficient (Wildman–Crippen LogP) is 1.77. The lowest BCUT2D eigenvalue weighted by molar-refractivity contribution is -0.141. The summed E-state index contributed by atoms with van der Waals surface area (Å²) < 4.78 is 5.15. The highest BCUT2D eigenvalue weighted by Gasteiger charge is 2.26. The minimum Gasteiger partial charge on any atom is -0.480 e. The number of amides is 2. The molecule has 1 rings (SSSR count). The van der Waals surface area contributed by atoms with Crippen LogP contribution < -0.4 is 10.6 Å². The minimum atomic E-state index is -1.15. The normalized spacial score (nSPS) is 13.7. The van der Waals surface area contributed by atoms with Gasteiger partial charge in [-0.25, -0.2) is 4.79 Å². The van der Waals surface area contributed by atoms with Crippen molar-refractivity contribution in [1.29, 1.82) is 0 Å². The number of aliphatic carboxylic acids is 1. The molecule has 7 nitrogen and oxygen atoms in total. The van der Waals surface area contributed by atoms with Gasteiger partial charge in [0.2, 0.25) is 5.91 Å². The van der Waals surface area contributed by atoms with Crippen molar-refractivity contribution in [1.82, 2.24) is 10.6 Å². The summed E-state index contributed by atoms with van der Waals surface area (Å²) in [7, 11) is 0. The van der Waals surface area contributed by atoms with Crippen molar-refractivity contribution in [3.63, 3.8) is 0 Å². The molecule has 1 aromatic heterocycles. The molecule has 0 bridgehead atoms. The number of carboxylic acids is 1. The summed E-state index contributed by atoms with van der Waals surface area (Å²) in [6, 6.07) is -0.128. The lowest BCUT2D eigenvalue weighted by atomic mass is 10.1. The van der Waals surface area contributed by atoms with Gasteiger partial charge in [-0.05, 0) is 50.1 Å². The zero-order valence-electron chi connectivity index (χ0n) is 13.6. The molecule has 1 heterocycles. The molecular weight excluding hydrogens is 320 g/mol. The zero-order valence-corrected chi connectivity index (χ0v) is 14.4. The Hall–Kier alpha value is -2.09. The fourth-order valence-electron chi connectivity index (χ4n) is 1.68. The van der Waals surface area contributed by atoms with Gasteiger partial charge in [-0.15, -0.1) is 0 Å². The van der Waals surface area contributed by atoms with E-state index in [1.54, 1.807) is 20.8 Å². The first-order chi connectivity index (χ1) is 10.6. The summed E-state index contributed by atoms with van der Waals surface area (Å²) in [5, 5.41) is 17.4. The van der Waals surface area contributed by atoms with Crippen LogP contribution in [0.25, 0.3) is 0 Å². The predicted molar refractivity (Wildman–Crippen MR) is 86.4 cm³/mol. The third-order valence-corrected chi connectivity index (χ3v) is 3.49. The van der Waals surface area contributed by atoms with E-state index >= 15 is 0 Å². The molecule has 23 heavy (non-hydrogen) atoms. The van der Waals surface area contributed by atoms with Crippen LogP contribution in [0.4, 0.5) is 4.79 Å². The Bertz CT molecular complexity index is 551. The summed E-state index contributed by atoms with van der Waals surface area (Å²) in [5.74, 6) is -1.72. The molecule has 0 aliphatic carbocycles. The molecule has 128 valence electrons. The molecule has 2 atom stereocenters. The monoisotopic (exact) mass is 342 g/mol. The smallest absolute Gasteiger partial charge is 0.408 e. The summed E-state index contributed by atoms with van der Waals surface area (Å²) in [6.45, 7) is 6.50. The molecule has 0 radical (unpaired) electrons. The van der Waals surface area contributed by atoms with E-state index in [0.29, 0.717) is 0 Å². The maximum Gasteiger partial charge on any atom is 0.408 e. The van der Waals surface area contributed by atoms with Crippen molar-refractivity contribution in [2.75, 3.05) is 0 Å². The Morgan fingerprint density at radius 2 is 1.96 bits per heavy atom. The number of hydrogen-bond donors (Lipinski definition) is 3. The Morgan fingerprint density at radius 1 is 1.30 bits per heavy atom. The SMILES string of the molecule is C[C@H](NC(=O)[C@H](Cc1ccsc1)NC(=O)OC(C)(C)C)C(=O)O. The average Bonchev–Trinajstić information content (AvgIpc) is 2.88. The third-order valence-electron chi connectivity index (χ3n) is 2.76. The van der Waals surface area contributed by atoms with Crippen LogP contribution in [0.15, 0.2) is 16.8 Å². The number of alkyl carbamates (subject to hydrolysis) is 1. The van der Waals surface area contributed by atoms with E-state index in [1.807, 2.05) is 16.8 Å². The van der Waals surface area contributed by atoms with E-state index < -0.39 is 35.7 Å². The van der Waals surface area contributed by atoms with Crippen LogP contribution in [0.2, 0.25) is 0 Å². The number of carbonyl (C=O) groups excluding carboxylic acids is 2. The van der Waals surface area contributed by atoms with Crippen molar-refractivity contribution in [3.8, 4) is 0 Å². The highest BCUT2D eigenvalue weighted by molar-refractivity contribution is 7.07. The second-order valence-electron chi connectivity index (χ2n) is 6.10. The number of ether oxygens (including phenoxy) is 1. The minimum absolute atomic E-state index is 0.251. The quantitative estimate of drug-likeness (QED) is 0.731. The topological polar surface area (TPSA) is 105 Å². The van der Waals surface area contributed by atoms with E-state index in [9.17, 15) is 14.4 Å². The van der Waals surface area contributed by atoms with Crippen LogP contribution in [0.3, 0.4) is 0 Å². The Morgan fingerprint density at radius 3 is 2.43 bits per heavy atom. The van der Waals surface area contributed by atoms with Crippen molar-refractivity contribution in [2.45, 2.75) is 51.8 Å². The lowest BCUT2D eigenvalue weighted by Crippen LogP contribution is -2.52. The van der Waals surface area contributed by atoms with Gasteiger partial charge in [-0.3, -0.25) is 9.59 Å². The molecular formula is C15H22N2O5S. The van der Waals surface area contributed by atoms with E-state index in [4.69, 9.17) is 9.84 Å². The van der Waals surface area contributed by atoms with Gasteiger partial charge in [0.05, 0.1) is 0 Å². The second-order valence-corrected chi connectivity index (χ2v) is 6.88. The third kappa shape index (κ3) is 7.14. The van der Waals surface area contributed by atoms with Crippen LogP contribution in [0.5, 0.6) is 0 Å². The van der Waals surface area contributed by atoms with Gasteiger partial charge in [-0.2, -0.15) is 11.3 Å². The summed E-state index contributed by atoms with van der Waals surface area (Å²) in [6.07, 6.45) is -0.475. The molecule has 0 aliphatic heterocycles. The maximum absolute atomic E-state index is 12.2. The Labute approximate surface area is 139 Å². The standard InChI is InChI=1S/C15H22N2O5S/c1-9(13(19)20)16-12(18)11(7-10-5-6-23-8-10)17-14(21)22-15(2,3)4/h5-6,8-9,11H,7H2,1-4H3,(H,16,18)(H,17,21)(H,19,20)/t9-,11-/m0/s1. The summed E-state index contributed by atoms with van der Waals surface area (Å²) in [4.78, 5) is 35.0. The fourth-order valence-corrected chi connectivity index (χ4v) is 2.36. The number of hydrogen-bond acceptors (Lipinski definition) is 5. The molecule has 0 aliphatic rings. The summed E-state index contributed by atoms with van der Waals surface area (Å²) >= 11 is 1.47. The van der Waals surface area contributed by atoms with E-state index in [2.05, 4.69) is 10.6 Å². The van der Waals surface area contributed by atoms with Gasteiger partial charge in [0.15, 0.2) is 0 Å². The molecule has 1 aromatic rings. The van der Waals surface area contributed by atoms with E-state index in [0.717, 1.165) is 5.56 Å². The number of carboxylic acid groups (broad SMARTS) is 1. The molecule has 0 fully saturated rings. The number of nitrogens with one attached hydrogen (secondary N) is 2. The van der Waals surface area contributed by atoms with Crippen LogP contribution in [-0.4, -0.2) is 40.8 Å². The molecule has 8 heteroatoms. The lowest BCUT2D eigenvalue weighted by Gasteiger charge is -2.23. The first kappa shape index (κ1) is 19.0. The van der Waals surface area contributed by atoms with Crippen LogP contribution >= 0.6 is 11.3 Å². The number of thiophene rings is 1. The number of rotatable bonds is 6. The Kier molecular flexibility index (Phi) is 6.56. The largest absolute Gasteiger partial charge is 0.480 e. The van der Waals surface area contributed by atoms with Gasteiger partial charge in [0.1, 0.15) is 17.7 Å². The Balaban J connectivity index is 2.78. The van der Waals surface area contributed by atoms with Crippen LogP contribution in [0, 0.1) is 0 Å². The molecule has 0 aromatic carbocycles. The van der Waals surface area contributed by atoms with Crippen LogP contribution in [-0.2, 0) is 20.7 Å². The fraction of sp³-hybridized carbons (Fsp3) is 0.533. The first-order valence-electron chi connectivity index (χ1n) is 7.12. The zero-order chi connectivity index (χ0) is 17.6. The van der Waals surface area contributed by atoms with Crippen molar-refractivity contribution in [3.05, 3.63) is 22.4 Å².